The zero-order valence-corrected chi connectivity index (χ0v) is 13.6. The van der Waals surface area contributed by atoms with Crippen LogP contribution in [-0.2, 0) is 0 Å². The van der Waals surface area contributed by atoms with Gasteiger partial charge in [-0.25, -0.2) is 9.97 Å². The zero-order valence-electron chi connectivity index (χ0n) is 13.6. The predicted molar refractivity (Wildman–Crippen MR) is 93.6 cm³/mol. The van der Waals surface area contributed by atoms with Gasteiger partial charge >= 0.3 is 0 Å². The lowest BCUT2D eigenvalue weighted by atomic mass is 10.3. The Bertz CT molecular complexity index is 831. The third kappa shape index (κ3) is 3.00. The molecule has 1 saturated heterocycles. The maximum Gasteiger partial charge on any atom is 0.263 e. The van der Waals surface area contributed by atoms with E-state index in [0.29, 0.717) is 11.6 Å². The maximum atomic E-state index is 6.01. The van der Waals surface area contributed by atoms with E-state index in [1.807, 2.05) is 36.4 Å². The number of likely N-dealkylation sites (N-methyl/N-ethyl adjacent to an activating group) is 1. The summed E-state index contributed by atoms with van der Waals surface area (Å²) in [6, 6.07) is 11.6. The Balaban J connectivity index is 1.75. The van der Waals surface area contributed by atoms with E-state index in [2.05, 4.69) is 21.8 Å². The highest BCUT2D eigenvalue weighted by molar-refractivity contribution is 5.77. The summed E-state index contributed by atoms with van der Waals surface area (Å²) in [6.07, 6.45) is 3.41. The van der Waals surface area contributed by atoms with E-state index in [1.54, 1.807) is 12.4 Å². The van der Waals surface area contributed by atoms with Gasteiger partial charge in [-0.15, -0.1) is 0 Å². The summed E-state index contributed by atoms with van der Waals surface area (Å²) >= 11 is 0. The molecule has 6 nitrogen and oxygen atoms in total. The number of fused-ring (bicyclic) bond motifs is 1. The topological polar surface area (TPSA) is 54.4 Å². The zero-order chi connectivity index (χ0) is 16.4. The van der Waals surface area contributed by atoms with Gasteiger partial charge in [-0.3, -0.25) is 4.98 Å². The molecule has 122 valence electrons. The first-order valence-corrected chi connectivity index (χ1v) is 8.08. The van der Waals surface area contributed by atoms with Crippen molar-refractivity contribution in [2.75, 3.05) is 38.1 Å². The average Bonchev–Trinajstić information content (AvgIpc) is 2.63. The third-order valence-corrected chi connectivity index (χ3v) is 4.17. The van der Waals surface area contributed by atoms with Crippen molar-refractivity contribution in [2.24, 2.45) is 0 Å². The van der Waals surface area contributed by atoms with Gasteiger partial charge in [0.05, 0.1) is 17.2 Å². The lowest BCUT2D eigenvalue weighted by Crippen LogP contribution is -2.45. The van der Waals surface area contributed by atoms with Crippen molar-refractivity contribution in [3.63, 3.8) is 0 Å². The van der Waals surface area contributed by atoms with Crippen molar-refractivity contribution in [2.45, 2.75) is 0 Å². The average molecular weight is 321 g/mol. The Hall–Kier alpha value is -2.73. The normalized spacial score (nSPS) is 15.6. The van der Waals surface area contributed by atoms with Crippen LogP contribution >= 0.6 is 0 Å². The quantitative estimate of drug-likeness (QED) is 0.739. The first-order chi connectivity index (χ1) is 11.8. The molecule has 0 aliphatic carbocycles. The van der Waals surface area contributed by atoms with Gasteiger partial charge in [0, 0.05) is 32.4 Å². The first kappa shape index (κ1) is 14.8. The van der Waals surface area contributed by atoms with Crippen molar-refractivity contribution < 1.29 is 4.74 Å². The number of para-hydroxylation sites is 2. The summed E-state index contributed by atoms with van der Waals surface area (Å²) in [5.74, 6) is 1.99. The summed E-state index contributed by atoms with van der Waals surface area (Å²) in [4.78, 5) is 18.2. The second kappa shape index (κ2) is 6.41. The number of hydrogen-bond acceptors (Lipinski definition) is 6. The molecular formula is C18H19N5O. The maximum absolute atomic E-state index is 6.01. The fourth-order valence-electron chi connectivity index (χ4n) is 2.79. The van der Waals surface area contributed by atoms with E-state index in [9.17, 15) is 0 Å². The van der Waals surface area contributed by atoms with Gasteiger partial charge in [-0.05, 0) is 31.3 Å². The van der Waals surface area contributed by atoms with Crippen LogP contribution in [0.3, 0.4) is 0 Å². The van der Waals surface area contributed by atoms with Crippen LogP contribution in [-0.4, -0.2) is 53.1 Å². The number of hydrogen-bond donors (Lipinski definition) is 0. The summed E-state index contributed by atoms with van der Waals surface area (Å²) in [5.41, 5.74) is 1.71. The molecule has 0 radical (unpaired) electrons. The Morgan fingerprint density at radius 3 is 2.38 bits per heavy atom. The molecule has 24 heavy (non-hydrogen) atoms. The van der Waals surface area contributed by atoms with Crippen LogP contribution in [0, 0.1) is 0 Å². The minimum absolute atomic E-state index is 0.534. The molecular weight excluding hydrogens is 302 g/mol. The Morgan fingerprint density at radius 1 is 0.917 bits per heavy atom. The highest BCUT2D eigenvalue weighted by atomic mass is 16.5. The third-order valence-electron chi connectivity index (χ3n) is 4.17. The molecule has 1 aromatic carbocycles. The van der Waals surface area contributed by atoms with Gasteiger partial charge in [0.2, 0.25) is 0 Å². The first-order valence-electron chi connectivity index (χ1n) is 8.08. The molecule has 1 aliphatic heterocycles. The van der Waals surface area contributed by atoms with Gasteiger partial charge in [0.1, 0.15) is 5.75 Å². The summed E-state index contributed by atoms with van der Waals surface area (Å²) in [6.45, 7) is 3.82. The SMILES string of the molecule is CN1CCN(c2nc3ccccc3nc2Oc2cccnc2)CC1. The van der Waals surface area contributed by atoms with Crippen LogP contribution in [0.5, 0.6) is 11.6 Å². The molecule has 0 amide bonds. The monoisotopic (exact) mass is 321 g/mol. The molecule has 0 bridgehead atoms. The van der Waals surface area contributed by atoms with Crippen molar-refractivity contribution in [1.82, 2.24) is 19.9 Å². The Morgan fingerprint density at radius 2 is 1.67 bits per heavy atom. The van der Waals surface area contributed by atoms with Crippen LogP contribution in [0.2, 0.25) is 0 Å². The lowest BCUT2D eigenvalue weighted by molar-refractivity contribution is 0.310. The molecule has 4 rings (SSSR count). The highest BCUT2D eigenvalue weighted by Crippen LogP contribution is 2.31. The van der Waals surface area contributed by atoms with Crippen LogP contribution in [0.1, 0.15) is 0 Å². The van der Waals surface area contributed by atoms with E-state index in [4.69, 9.17) is 14.7 Å². The van der Waals surface area contributed by atoms with E-state index < -0.39 is 0 Å². The number of pyridine rings is 1. The van der Waals surface area contributed by atoms with Crippen LogP contribution in [0.15, 0.2) is 48.8 Å². The van der Waals surface area contributed by atoms with Crippen molar-refractivity contribution in [3.8, 4) is 11.6 Å². The van der Waals surface area contributed by atoms with Crippen molar-refractivity contribution in [3.05, 3.63) is 48.8 Å². The largest absolute Gasteiger partial charge is 0.434 e. The molecule has 0 unspecified atom stereocenters. The molecule has 0 N–H and O–H groups in total. The van der Waals surface area contributed by atoms with Gasteiger partial charge in [-0.1, -0.05) is 12.1 Å². The number of anilines is 1. The Kier molecular flexibility index (Phi) is 3.96. The molecule has 0 saturated carbocycles. The fraction of sp³-hybridized carbons (Fsp3) is 0.278. The van der Waals surface area contributed by atoms with Crippen molar-refractivity contribution in [1.29, 1.82) is 0 Å². The van der Waals surface area contributed by atoms with Crippen LogP contribution < -0.4 is 9.64 Å². The highest BCUT2D eigenvalue weighted by Gasteiger charge is 2.21. The number of ether oxygens (including phenoxy) is 1. The van der Waals surface area contributed by atoms with E-state index in [1.165, 1.54) is 0 Å². The molecule has 3 aromatic rings. The van der Waals surface area contributed by atoms with Gasteiger partial charge < -0.3 is 14.5 Å². The van der Waals surface area contributed by atoms with Gasteiger partial charge in [0.15, 0.2) is 5.82 Å². The van der Waals surface area contributed by atoms with E-state index in [0.717, 1.165) is 43.0 Å². The molecule has 2 aromatic heterocycles. The minimum Gasteiger partial charge on any atom is -0.434 e. The second-order valence-corrected chi connectivity index (χ2v) is 5.92. The molecule has 1 fully saturated rings. The standard InChI is InChI=1S/C18H19N5O/c1-22-9-11-23(12-10-22)17-18(24-14-5-4-8-19-13-14)21-16-7-3-2-6-15(16)20-17/h2-8,13H,9-12H2,1H3. The molecule has 0 spiro atoms. The smallest absolute Gasteiger partial charge is 0.263 e. The van der Waals surface area contributed by atoms with E-state index >= 15 is 0 Å². The molecule has 3 heterocycles. The predicted octanol–water partition coefficient (Wildman–Crippen LogP) is 2.57. The Labute approximate surface area is 140 Å². The summed E-state index contributed by atoms with van der Waals surface area (Å²) in [5, 5.41) is 0. The van der Waals surface area contributed by atoms with Gasteiger partial charge in [-0.2, -0.15) is 0 Å². The molecule has 6 heteroatoms. The van der Waals surface area contributed by atoms with Crippen LogP contribution in [0.4, 0.5) is 5.82 Å². The fourth-order valence-corrected chi connectivity index (χ4v) is 2.79. The number of benzene rings is 1. The summed E-state index contributed by atoms with van der Waals surface area (Å²) in [7, 11) is 2.14. The van der Waals surface area contributed by atoms with Gasteiger partial charge in [0.25, 0.3) is 5.88 Å². The number of aromatic nitrogens is 3. The molecule has 0 atom stereocenters. The number of nitrogens with zero attached hydrogens (tertiary/aromatic N) is 5. The van der Waals surface area contributed by atoms with Crippen molar-refractivity contribution >= 4 is 16.9 Å². The number of rotatable bonds is 3. The molecule has 1 aliphatic rings. The number of piperazine rings is 1. The van der Waals surface area contributed by atoms with E-state index in [-0.39, 0.29) is 0 Å². The minimum atomic E-state index is 0.534. The summed E-state index contributed by atoms with van der Waals surface area (Å²) < 4.78 is 6.01. The van der Waals surface area contributed by atoms with Crippen LogP contribution in [0.25, 0.3) is 11.0 Å². The lowest BCUT2D eigenvalue weighted by Gasteiger charge is -2.33. The second-order valence-electron chi connectivity index (χ2n) is 5.92.